The van der Waals surface area contributed by atoms with Crippen LogP contribution in [0.25, 0.3) is 0 Å². The van der Waals surface area contributed by atoms with E-state index in [1.54, 1.807) is 31.7 Å². The van der Waals surface area contributed by atoms with Crippen LogP contribution in [0, 0.1) is 5.92 Å². The van der Waals surface area contributed by atoms with E-state index in [1.165, 1.54) is 0 Å². The number of carbonyl (C=O) groups is 2. The summed E-state index contributed by atoms with van der Waals surface area (Å²) in [6.45, 7) is 5.13. The molecule has 0 saturated heterocycles. The Morgan fingerprint density at radius 3 is 2.87 bits per heavy atom. The zero-order valence-electron chi connectivity index (χ0n) is 12.9. The number of amides is 2. The van der Waals surface area contributed by atoms with Gasteiger partial charge in [-0.1, -0.05) is 13.8 Å². The van der Waals surface area contributed by atoms with Crippen molar-refractivity contribution in [3.8, 4) is 0 Å². The second kappa shape index (κ2) is 6.11. The second-order valence-electron chi connectivity index (χ2n) is 5.76. The Balaban J connectivity index is 1.70. The number of urea groups is 1. The molecule has 7 nitrogen and oxygen atoms in total. The molecule has 0 fully saturated rings. The van der Waals surface area contributed by atoms with Crippen LogP contribution < -0.4 is 15.5 Å². The van der Waals surface area contributed by atoms with E-state index in [9.17, 15) is 9.59 Å². The lowest BCUT2D eigenvalue weighted by Crippen LogP contribution is -2.46. The van der Waals surface area contributed by atoms with Gasteiger partial charge in [0.15, 0.2) is 5.17 Å². The van der Waals surface area contributed by atoms with Gasteiger partial charge in [0, 0.05) is 17.1 Å². The second-order valence-corrected chi connectivity index (χ2v) is 6.77. The summed E-state index contributed by atoms with van der Waals surface area (Å²) in [6.07, 6.45) is 0. The van der Waals surface area contributed by atoms with Gasteiger partial charge < -0.3 is 20.6 Å². The number of hydrogen-bond donors (Lipinski definition) is 3. The number of carbonyl (C=O) groups excluding carboxylic acids is 1. The lowest BCUT2D eigenvalue weighted by Gasteiger charge is -2.19. The molecule has 1 aromatic carbocycles. The molecule has 0 radical (unpaired) electrons. The average Bonchev–Trinajstić information content (AvgIpc) is 3.05. The van der Waals surface area contributed by atoms with Crippen molar-refractivity contribution in [1.82, 2.24) is 5.32 Å². The zero-order valence-corrected chi connectivity index (χ0v) is 13.7. The molecule has 2 heterocycles. The van der Waals surface area contributed by atoms with Gasteiger partial charge in [-0.2, -0.15) is 0 Å². The van der Waals surface area contributed by atoms with Crippen LogP contribution >= 0.6 is 11.8 Å². The summed E-state index contributed by atoms with van der Waals surface area (Å²) < 4.78 is 0. The molecule has 23 heavy (non-hydrogen) atoms. The fraction of sp³-hybridized carbons (Fsp3) is 0.400. The van der Waals surface area contributed by atoms with Gasteiger partial charge in [-0.25, -0.2) is 9.59 Å². The van der Waals surface area contributed by atoms with E-state index in [-0.39, 0.29) is 5.92 Å². The molecule has 1 atom stereocenters. The van der Waals surface area contributed by atoms with E-state index in [0.29, 0.717) is 5.69 Å². The number of carboxylic acids is 1. The zero-order chi connectivity index (χ0) is 16.6. The number of nitrogens with zero attached hydrogens (tertiary/aromatic N) is 2. The minimum atomic E-state index is -1.04. The Labute approximate surface area is 138 Å². The Kier molecular flexibility index (Phi) is 4.16. The van der Waals surface area contributed by atoms with E-state index in [0.717, 1.165) is 28.8 Å². The molecule has 1 unspecified atom stereocenters. The SMILES string of the molecule is CC(C)C(NC(=O)Nc1ccc2c(c1)N1CCN=C1S2)C(=O)O. The predicted octanol–water partition coefficient (Wildman–Crippen LogP) is 2.20. The molecule has 1 aromatic rings. The molecule has 0 spiro atoms. The third-order valence-corrected chi connectivity index (χ3v) is 4.83. The van der Waals surface area contributed by atoms with Crippen LogP contribution in [-0.2, 0) is 4.79 Å². The Hall–Kier alpha value is -2.22. The molecular weight excluding hydrogens is 316 g/mol. The van der Waals surface area contributed by atoms with Crippen LogP contribution in [0.2, 0.25) is 0 Å². The van der Waals surface area contributed by atoms with Gasteiger partial charge in [0.1, 0.15) is 6.04 Å². The first-order valence-electron chi connectivity index (χ1n) is 7.40. The minimum Gasteiger partial charge on any atom is -0.480 e. The van der Waals surface area contributed by atoms with Gasteiger partial charge in [-0.3, -0.25) is 4.99 Å². The number of carboxylic acid groups (broad SMARTS) is 1. The van der Waals surface area contributed by atoms with Crippen LogP contribution in [0.4, 0.5) is 16.2 Å². The standard InChI is InChI=1S/C15H18N4O3S/c1-8(2)12(13(20)21)18-14(22)17-9-3-4-11-10(7-9)19-6-5-16-15(19)23-11/h3-4,7-8,12H,5-6H2,1-2H3,(H,20,21)(H2,17,18,22). The molecule has 3 rings (SSSR count). The summed E-state index contributed by atoms with van der Waals surface area (Å²) in [6, 6.07) is 4.19. The predicted molar refractivity (Wildman–Crippen MR) is 90.4 cm³/mol. The molecule has 2 aliphatic rings. The monoisotopic (exact) mass is 334 g/mol. The largest absolute Gasteiger partial charge is 0.480 e. The van der Waals surface area contributed by atoms with Gasteiger partial charge in [-0.15, -0.1) is 0 Å². The summed E-state index contributed by atoms with van der Waals surface area (Å²) in [5.41, 5.74) is 1.66. The first-order valence-corrected chi connectivity index (χ1v) is 8.21. The van der Waals surface area contributed by atoms with Crippen LogP contribution in [0.1, 0.15) is 13.8 Å². The van der Waals surface area contributed by atoms with Crippen LogP contribution in [0.5, 0.6) is 0 Å². The lowest BCUT2D eigenvalue weighted by molar-refractivity contribution is -0.140. The van der Waals surface area contributed by atoms with Crippen molar-refractivity contribution < 1.29 is 14.7 Å². The summed E-state index contributed by atoms with van der Waals surface area (Å²) in [5, 5.41) is 15.3. The highest BCUT2D eigenvalue weighted by atomic mass is 32.2. The average molecular weight is 334 g/mol. The molecule has 2 aliphatic heterocycles. The van der Waals surface area contributed by atoms with Crippen molar-refractivity contribution in [1.29, 1.82) is 0 Å². The number of rotatable bonds is 4. The summed E-state index contributed by atoms with van der Waals surface area (Å²) in [7, 11) is 0. The fourth-order valence-electron chi connectivity index (χ4n) is 2.55. The van der Waals surface area contributed by atoms with Crippen LogP contribution in [0.15, 0.2) is 28.1 Å². The Bertz CT molecular complexity index is 689. The highest BCUT2D eigenvalue weighted by Gasteiger charge is 2.30. The molecule has 8 heteroatoms. The molecule has 122 valence electrons. The van der Waals surface area contributed by atoms with Crippen LogP contribution in [-0.4, -0.2) is 41.4 Å². The van der Waals surface area contributed by atoms with Gasteiger partial charge >= 0.3 is 12.0 Å². The van der Waals surface area contributed by atoms with E-state index in [4.69, 9.17) is 5.11 Å². The maximum atomic E-state index is 12.0. The Morgan fingerprint density at radius 2 is 2.17 bits per heavy atom. The Morgan fingerprint density at radius 1 is 1.39 bits per heavy atom. The van der Waals surface area contributed by atoms with Gasteiger partial charge in [0.05, 0.1) is 12.2 Å². The lowest BCUT2D eigenvalue weighted by atomic mass is 10.1. The molecular formula is C15H18N4O3S. The minimum absolute atomic E-state index is 0.196. The number of fused-ring (bicyclic) bond motifs is 3. The molecule has 2 amide bonds. The van der Waals surface area contributed by atoms with E-state index >= 15 is 0 Å². The number of aliphatic imine (C=N–C) groups is 1. The first-order chi connectivity index (χ1) is 11.0. The first kappa shape index (κ1) is 15.7. The van der Waals surface area contributed by atoms with Crippen molar-refractivity contribution in [3.05, 3.63) is 18.2 Å². The van der Waals surface area contributed by atoms with Gasteiger partial charge in [0.2, 0.25) is 0 Å². The number of amidine groups is 1. The summed E-state index contributed by atoms with van der Waals surface area (Å²) in [4.78, 5) is 30.8. The van der Waals surface area contributed by atoms with Crippen molar-refractivity contribution in [2.24, 2.45) is 10.9 Å². The highest BCUT2D eigenvalue weighted by molar-refractivity contribution is 8.14. The summed E-state index contributed by atoms with van der Waals surface area (Å²) in [5.74, 6) is -1.24. The van der Waals surface area contributed by atoms with Crippen molar-refractivity contribution in [2.45, 2.75) is 24.8 Å². The van der Waals surface area contributed by atoms with Crippen molar-refractivity contribution in [3.63, 3.8) is 0 Å². The molecule has 3 N–H and O–H groups in total. The summed E-state index contributed by atoms with van der Waals surface area (Å²) >= 11 is 1.62. The maximum Gasteiger partial charge on any atom is 0.326 e. The van der Waals surface area contributed by atoms with Gasteiger partial charge in [0.25, 0.3) is 0 Å². The number of benzene rings is 1. The van der Waals surface area contributed by atoms with Crippen LogP contribution in [0.3, 0.4) is 0 Å². The van der Waals surface area contributed by atoms with E-state index in [2.05, 4.69) is 20.5 Å². The smallest absolute Gasteiger partial charge is 0.326 e. The third kappa shape index (κ3) is 3.12. The topological polar surface area (TPSA) is 94.0 Å². The normalized spacial score (nSPS) is 16.7. The number of nitrogens with one attached hydrogen (secondary N) is 2. The van der Waals surface area contributed by atoms with E-state index in [1.807, 2.05) is 12.1 Å². The molecule has 0 aliphatic carbocycles. The fourth-order valence-corrected chi connectivity index (χ4v) is 3.61. The molecule has 0 bridgehead atoms. The number of aliphatic carboxylic acids is 1. The molecule has 0 saturated carbocycles. The number of hydrogen-bond acceptors (Lipinski definition) is 5. The van der Waals surface area contributed by atoms with Crippen molar-refractivity contribution in [2.75, 3.05) is 23.3 Å². The quantitative estimate of drug-likeness (QED) is 0.785. The van der Waals surface area contributed by atoms with E-state index < -0.39 is 18.0 Å². The molecule has 0 aromatic heterocycles. The van der Waals surface area contributed by atoms with Crippen molar-refractivity contribution >= 4 is 40.3 Å². The number of thioether (sulfide) groups is 1. The third-order valence-electron chi connectivity index (χ3n) is 3.73. The highest BCUT2D eigenvalue weighted by Crippen LogP contribution is 2.43. The number of anilines is 2. The maximum absolute atomic E-state index is 12.0. The van der Waals surface area contributed by atoms with Gasteiger partial charge in [-0.05, 0) is 35.9 Å².